The Hall–Kier alpha value is -2.75. The van der Waals surface area contributed by atoms with Crippen molar-refractivity contribution in [2.24, 2.45) is 15.0 Å². The third kappa shape index (κ3) is 9.37. The third-order valence-corrected chi connectivity index (χ3v) is 6.23. The number of nitrogens with zero attached hydrogens (tertiary/aromatic N) is 5. The van der Waals surface area contributed by atoms with E-state index in [0.717, 1.165) is 87.3 Å². The van der Waals surface area contributed by atoms with E-state index >= 15 is 0 Å². The number of aliphatic imine (C=N–C) groups is 3. The number of benzene rings is 1. The molecular weight excluding hydrogens is 476 g/mol. The number of halogens is 1. The molecule has 0 radical (unpaired) electrons. The van der Waals surface area contributed by atoms with Crippen molar-refractivity contribution in [2.45, 2.75) is 44.9 Å². The molecule has 1 aromatic heterocycles. The second-order valence-corrected chi connectivity index (χ2v) is 9.20. The van der Waals surface area contributed by atoms with Gasteiger partial charge in [-0.05, 0) is 82.5 Å². The van der Waals surface area contributed by atoms with Gasteiger partial charge in [-0.25, -0.2) is 9.98 Å². The predicted molar refractivity (Wildman–Crippen MR) is 152 cm³/mol. The Morgan fingerprint density at radius 1 is 1.06 bits per heavy atom. The van der Waals surface area contributed by atoms with Crippen LogP contribution in [0.2, 0.25) is 5.02 Å². The molecule has 36 heavy (non-hydrogen) atoms. The lowest BCUT2D eigenvalue weighted by Crippen LogP contribution is -2.46. The summed E-state index contributed by atoms with van der Waals surface area (Å²) < 4.78 is 0. The highest BCUT2D eigenvalue weighted by molar-refractivity contribution is 6.31. The Morgan fingerprint density at radius 3 is 2.69 bits per heavy atom. The lowest BCUT2D eigenvalue weighted by atomic mass is 10.1. The molecule has 1 aliphatic rings. The van der Waals surface area contributed by atoms with Gasteiger partial charge in [0.1, 0.15) is 0 Å². The van der Waals surface area contributed by atoms with Crippen molar-refractivity contribution >= 4 is 46.8 Å². The number of likely N-dealkylation sites (tertiary alicyclic amines) is 1. The van der Waals surface area contributed by atoms with Gasteiger partial charge in [0, 0.05) is 55.1 Å². The van der Waals surface area contributed by atoms with E-state index in [0.29, 0.717) is 24.2 Å². The highest BCUT2D eigenvalue weighted by atomic mass is 35.5. The molecule has 4 N–H and O–H groups in total. The van der Waals surface area contributed by atoms with E-state index in [1.807, 2.05) is 24.3 Å². The summed E-state index contributed by atoms with van der Waals surface area (Å²) >= 11 is 6.08. The van der Waals surface area contributed by atoms with Crippen molar-refractivity contribution < 1.29 is 5.11 Å². The fourth-order valence-corrected chi connectivity index (χ4v) is 4.21. The zero-order chi connectivity index (χ0) is 25.4. The number of hydrogen-bond acceptors (Lipinski definition) is 6. The van der Waals surface area contributed by atoms with Crippen molar-refractivity contribution in [3.63, 3.8) is 0 Å². The molecule has 2 aromatic rings. The van der Waals surface area contributed by atoms with Crippen LogP contribution < -0.4 is 16.0 Å². The number of unbranched alkanes of at least 4 members (excludes halogenated alkanes) is 2. The van der Waals surface area contributed by atoms with Crippen LogP contribution >= 0.6 is 11.6 Å². The minimum absolute atomic E-state index is 0.225. The number of pyridine rings is 1. The molecule has 2 heterocycles. The molecule has 10 heteroatoms. The van der Waals surface area contributed by atoms with Crippen molar-refractivity contribution in [1.29, 1.82) is 0 Å². The molecule has 9 nitrogen and oxygen atoms in total. The summed E-state index contributed by atoms with van der Waals surface area (Å²) in [6.07, 6.45) is 8.98. The smallest absolute Gasteiger partial charge is 0.224 e. The number of aliphatic hydroxyl groups excluding tert-OH is 1. The molecule has 0 amide bonds. The van der Waals surface area contributed by atoms with E-state index in [1.165, 1.54) is 6.42 Å². The molecule has 3 rings (SSSR count). The molecular formula is C26H39ClN8O. The van der Waals surface area contributed by atoms with E-state index < -0.39 is 0 Å². The summed E-state index contributed by atoms with van der Waals surface area (Å²) in [7, 11) is 0. The van der Waals surface area contributed by atoms with Gasteiger partial charge in [0.2, 0.25) is 11.9 Å². The first-order valence-corrected chi connectivity index (χ1v) is 13.3. The molecule has 1 fully saturated rings. The van der Waals surface area contributed by atoms with Crippen LogP contribution in [0.15, 0.2) is 45.4 Å². The fraction of sp³-hybridized carbons (Fsp3) is 0.538. The summed E-state index contributed by atoms with van der Waals surface area (Å²) in [5, 5.41) is 20.8. The number of piperidine rings is 1. The lowest BCUT2D eigenvalue weighted by molar-refractivity contribution is 0.284. The molecule has 1 saturated heterocycles. The first-order chi connectivity index (χ1) is 17.7. The van der Waals surface area contributed by atoms with Gasteiger partial charge in [-0.2, -0.15) is 0 Å². The number of rotatable bonds is 12. The number of fused-ring (bicyclic) bond motifs is 1. The number of nitrogens with one attached hydrogen (secondary N) is 3. The topological polar surface area (TPSA) is 110 Å². The largest absolute Gasteiger partial charge is 0.396 e. The number of aromatic nitrogens is 1. The van der Waals surface area contributed by atoms with E-state index in [-0.39, 0.29) is 6.61 Å². The number of anilines is 1. The first kappa shape index (κ1) is 27.8. The zero-order valence-corrected chi connectivity index (χ0v) is 21.8. The van der Waals surface area contributed by atoms with Crippen molar-refractivity contribution in [2.75, 3.05) is 51.3 Å². The van der Waals surface area contributed by atoms with Crippen LogP contribution in [0.1, 0.15) is 44.9 Å². The van der Waals surface area contributed by atoms with Crippen molar-refractivity contribution in [3.8, 4) is 0 Å². The van der Waals surface area contributed by atoms with Gasteiger partial charge in [0.05, 0.1) is 12.2 Å². The van der Waals surface area contributed by atoms with Gasteiger partial charge < -0.3 is 15.3 Å². The first-order valence-electron chi connectivity index (χ1n) is 12.9. The SMILES string of the molecule is C=NC(=NCCCCNc1ccnc2cc(Cl)ccc12)NC(=NCNCCCCO)N1CCCCC1. The monoisotopic (exact) mass is 514 g/mol. The standard InChI is InChI=1S/C26H39ClN8O/c1-28-25(34-26(35-16-6-2-7-17-35)33-20-29-12-5-8-18-36)32-14-4-3-13-30-23-11-15-31-24-19-21(27)9-10-22(23)24/h9-11,15,19,29,36H,1-8,12-14,16-18,20H2,(H,30,31)(H,32,33,34). The van der Waals surface area contributed by atoms with E-state index in [4.69, 9.17) is 21.7 Å². The Morgan fingerprint density at radius 2 is 1.89 bits per heavy atom. The number of hydrogen-bond donors (Lipinski definition) is 4. The lowest BCUT2D eigenvalue weighted by Gasteiger charge is -2.30. The Bertz CT molecular complexity index is 1010. The third-order valence-electron chi connectivity index (χ3n) is 6.00. The molecule has 0 bridgehead atoms. The molecule has 0 saturated carbocycles. The van der Waals surface area contributed by atoms with E-state index in [9.17, 15) is 0 Å². The minimum atomic E-state index is 0.225. The quantitative estimate of drug-likeness (QED) is 0.194. The maximum Gasteiger partial charge on any atom is 0.224 e. The van der Waals surface area contributed by atoms with Crippen molar-refractivity contribution in [1.82, 2.24) is 20.5 Å². The average Bonchev–Trinajstić information content (AvgIpc) is 2.91. The van der Waals surface area contributed by atoms with Crippen LogP contribution in [-0.4, -0.2) is 79.6 Å². The van der Waals surface area contributed by atoms with Gasteiger partial charge in [0.15, 0.2) is 0 Å². The molecule has 1 aliphatic heterocycles. The number of aliphatic hydroxyl groups is 1. The van der Waals surface area contributed by atoms with E-state index in [1.54, 1.807) is 6.20 Å². The minimum Gasteiger partial charge on any atom is -0.396 e. The average molecular weight is 515 g/mol. The molecule has 196 valence electrons. The maximum atomic E-state index is 8.91. The highest BCUT2D eigenvalue weighted by Crippen LogP contribution is 2.24. The van der Waals surface area contributed by atoms with Crippen LogP contribution in [0.5, 0.6) is 0 Å². The molecule has 1 aromatic carbocycles. The van der Waals surface area contributed by atoms with Gasteiger partial charge in [0.25, 0.3) is 0 Å². The molecule has 0 spiro atoms. The van der Waals surface area contributed by atoms with Gasteiger partial charge in [-0.3, -0.25) is 20.6 Å². The van der Waals surface area contributed by atoms with Crippen LogP contribution in [-0.2, 0) is 0 Å². The maximum absolute atomic E-state index is 8.91. The second kappa shape index (κ2) is 16.1. The van der Waals surface area contributed by atoms with Crippen LogP contribution in [0.4, 0.5) is 5.69 Å². The second-order valence-electron chi connectivity index (χ2n) is 8.76. The predicted octanol–water partition coefficient (Wildman–Crippen LogP) is 3.89. The Balaban J connectivity index is 1.46. The van der Waals surface area contributed by atoms with Gasteiger partial charge in [-0.15, -0.1) is 0 Å². The molecule has 0 atom stereocenters. The summed E-state index contributed by atoms with van der Waals surface area (Å²) in [6, 6.07) is 7.75. The van der Waals surface area contributed by atoms with Gasteiger partial charge >= 0.3 is 0 Å². The zero-order valence-electron chi connectivity index (χ0n) is 21.1. The number of guanidine groups is 2. The summed E-state index contributed by atoms with van der Waals surface area (Å²) in [6.45, 7) is 8.70. The van der Waals surface area contributed by atoms with Crippen LogP contribution in [0, 0.1) is 0 Å². The normalized spacial score (nSPS) is 14.8. The molecule has 0 aliphatic carbocycles. The fourth-order valence-electron chi connectivity index (χ4n) is 4.05. The summed E-state index contributed by atoms with van der Waals surface area (Å²) in [5.41, 5.74) is 1.94. The van der Waals surface area contributed by atoms with Crippen molar-refractivity contribution in [3.05, 3.63) is 35.5 Å². The van der Waals surface area contributed by atoms with Crippen LogP contribution in [0.3, 0.4) is 0 Å². The van der Waals surface area contributed by atoms with E-state index in [2.05, 4.69) is 42.5 Å². The Labute approximate surface area is 219 Å². The van der Waals surface area contributed by atoms with Gasteiger partial charge in [-0.1, -0.05) is 11.6 Å². The summed E-state index contributed by atoms with van der Waals surface area (Å²) in [4.78, 5) is 20.1. The molecule has 0 unspecified atom stereocenters. The summed E-state index contributed by atoms with van der Waals surface area (Å²) in [5.74, 6) is 1.30. The highest BCUT2D eigenvalue weighted by Gasteiger charge is 2.16. The van der Waals surface area contributed by atoms with Crippen LogP contribution in [0.25, 0.3) is 10.9 Å². The Kier molecular flexibility index (Phi) is 12.4.